The number of nitrogens with zero attached hydrogens (tertiary/aromatic N) is 3. The number of thioether (sulfide) groups is 1. The van der Waals surface area contributed by atoms with E-state index in [0.29, 0.717) is 0 Å². The van der Waals surface area contributed by atoms with Crippen LogP contribution in [0.15, 0.2) is 58.3 Å². The lowest BCUT2D eigenvalue weighted by Gasteiger charge is -2.32. The lowest BCUT2D eigenvalue weighted by Crippen LogP contribution is -2.35. The molecule has 5 nitrogen and oxygen atoms in total. The number of hydrogen-bond donors (Lipinski definition) is 0. The maximum Gasteiger partial charge on any atom is 0.144 e. The van der Waals surface area contributed by atoms with Gasteiger partial charge in [0.25, 0.3) is 0 Å². The third-order valence-corrected chi connectivity index (χ3v) is 6.84. The van der Waals surface area contributed by atoms with Gasteiger partial charge >= 0.3 is 0 Å². The van der Waals surface area contributed by atoms with E-state index in [-0.39, 0.29) is 12.2 Å². The van der Waals surface area contributed by atoms with Gasteiger partial charge in [0.2, 0.25) is 0 Å². The van der Waals surface area contributed by atoms with E-state index in [9.17, 15) is 0 Å². The van der Waals surface area contributed by atoms with Crippen molar-refractivity contribution in [3.8, 4) is 0 Å². The smallest absolute Gasteiger partial charge is 0.144 e. The van der Waals surface area contributed by atoms with Gasteiger partial charge in [-0.15, -0.1) is 0 Å². The lowest BCUT2D eigenvalue weighted by molar-refractivity contribution is -0.0276. The topological polar surface area (TPSA) is 43.4 Å². The zero-order chi connectivity index (χ0) is 19.6. The highest BCUT2D eigenvalue weighted by atomic mass is 32.2. The minimum atomic E-state index is -0.0972. The Labute approximate surface area is 176 Å². The van der Waals surface area contributed by atoms with Crippen LogP contribution in [0.2, 0.25) is 0 Å². The standard InChI is InChI=1S/C23H27N3O2S/c1-25-11-9-18(10-12-25)28-22-20-7-3-2-5-17(20)8-13-26-15-21(24-23(22)26)29-16-19-6-4-14-27-19/h2-7,14-15,18,22H,8-13,16H2,1H3. The summed E-state index contributed by atoms with van der Waals surface area (Å²) >= 11 is 1.72. The summed E-state index contributed by atoms with van der Waals surface area (Å²) in [7, 11) is 2.19. The summed E-state index contributed by atoms with van der Waals surface area (Å²) in [5.41, 5.74) is 2.65. The van der Waals surface area contributed by atoms with Crippen molar-refractivity contribution in [2.45, 2.75) is 48.8 Å². The number of likely N-dealkylation sites (tertiary alicyclic amines) is 1. The Morgan fingerprint density at radius 3 is 2.83 bits per heavy atom. The average molecular weight is 410 g/mol. The molecule has 1 aromatic carbocycles. The van der Waals surface area contributed by atoms with Crippen LogP contribution in [0.3, 0.4) is 0 Å². The minimum Gasteiger partial charge on any atom is -0.468 e. The van der Waals surface area contributed by atoms with Gasteiger partial charge in [-0.3, -0.25) is 0 Å². The molecule has 1 fully saturated rings. The highest BCUT2D eigenvalue weighted by Gasteiger charge is 2.30. The van der Waals surface area contributed by atoms with Crippen molar-refractivity contribution >= 4 is 11.8 Å². The number of rotatable bonds is 5. The molecule has 1 saturated heterocycles. The predicted octanol–water partition coefficient (Wildman–Crippen LogP) is 4.52. The van der Waals surface area contributed by atoms with E-state index in [1.165, 1.54) is 11.1 Å². The molecule has 0 radical (unpaired) electrons. The number of imidazole rings is 1. The van der Waals surface area contributed by atoms with E-state index in [1.807, 2.05) is 12.1 Å². The van der Waals surface area contributed by atoms with Crippen molar-refractivity contribution in [1.29, 1.82) is 0 Å². The van der Waals surface area contributed by atoms with Gasteiger partial charge in [-0.1, -0.05) is 36.0 Å². The van der Waals surface area contributed by atoms with Gasteiger partial charge in [0, 0.05) is 25.8 Å². The molecule has 2 aliphatic rings. The highest BCUT2D eigenvalue weighted by molar-refractivity contribution is 7.98. The van der Waals surface area contributed by atoms with Crippen LogP contribution in [-0.4, -0.2) is 40.7 Å². The van der Waals surface area contributed by atoms with Crippen LogP contribution in [0.4, 0.5) is 0 Å². The molecule has 0 saturated carbocycles. The normalized spacial score (nSPS) is 20.2. The molecule has 0 aliphatic carbocycles. The molecule has 0 spiro atoms. The Balaban J connectivity index is 1.42. The first-order chi connectivity index (χ1) is 14.3. The SMILES string of the molecule is CN1CCC(OC2c3ccccc3CCn3cc(SCc4ccco4)nc32)CC1. The molecule has 6 heteroatoms. The molecule has 0 N–H and O–H groups in total. The molecule has 2 aliphatic heterocycles. The number of aryl methyl sites for hydroxylation is 2. The number of fused-ring (bicyclic) bond motifs is 2. The summed E-state index contributed by atoms with van der Waals surface area (Å²) in [5, 5.41) is 1.03. The van der Waals surface area contributed by atoms with Gasteiger partial charge in [-0.25, -0.2) is 4.98 Å². The summed E-state index contributed by atoms with van der Waals surface area (Å²) in [6, 6.07) is 12.6. The maximum absolute atomic E-state index is 6.74. The Kier molecular flexibility index (Phi) is 5.48. The molecule has 0 bridgehead atoms. The number of hydrogen-bond acceptors (Lipinski definition) is 5. The second-order valence-corrected chi connectivity index (χ2v) is 8.96. The number of aromatic nitrogens is 2. The Morgan fingerprint density at radius 2 is 2.00 bits per heavy atom. The Hall–Kier alpha value is -2.02. The van der Waals surface area contributed by atoms with Crippen molar-refractivity contribution in [3.05, 3.63) is 71.6 Å². The molecule has 4 heterocycles. The summed E-state index contributed by atoms with van der Waals surface area (Å²) in [4.78, 5) is 7.40. The monoisotopic (exact) mass is 409 g/mol. The van der Waals surface area contributed by atoms with Crippen LogP contribution in [0.5, 0.6) is 0 Å². The molecule has 3 aromatic rings. The third-order valence-electron chi connectivity index (χ3n) is 5.92. The summed E-state index contributed by atoms with van der Waals surface area (Å²) < 4.78 is 14.5. The van der Waals surface area contributed by atoms with E-state index in [4.69, 9.17) is 14.1 Å². The van der Waals surface area contributed by atoms with Crippen LogP contribution in [0.25, 0.3) is 0 Å². The molecule has 152 valence electrons. The van der Waals surface area contributed by atoms with Crippen LogP contribution in [0, 0.1) is 0 Å². The number of benzene rings is 1. The fraction of sp³-hybridized carbons (Fsp3) is 0.435. The number of furan rings is 1. The van der Waals surface area contributed by atoms with Gasteiger partial charge in [-0.2, -0.15) is 0 Å². The third kappa shape index (κ3) is 4.15. The van der Waals surface area contributed by atoms with Gasteiger partial charge in [0.05, 0.1) is 18.1 Å². The molecular weight excluding hydrogens is 382 g/mol. The first-order valence-corrected chi connectivity index (χ1v) is 11.4. The summed E-state index contributed by atoms with van der Waals surface area (Å²) in [6.07, 6.45) is 7.26. The molecule has 1 atom stereocenters. The van der Waals surface area contributed by atoms with Gasteiger partial charge in [-0.05, 0) is 49.6 Å². The Morgan fingerprint density at radius 1 is 1.14 bits per heavy atom. The van der Waals surface area contributed by atoms with Gasteiger partial charge < -0.3 is 18.6 Å². The first-order valence-electron chi connectivity index (χ1n) is 10.4. The predicted molar refractivity (Wildman–Crippen MR) is 114 cm³/mol. The lowest BCUT2D eigenvalue weighted by atomic mass is 10.00. The van der Waals surface area contributed by atoms with Crippen LogP contribution < -0.4 is 0 Å². The molecule has 2 aromatic heterocycles. The first kappa shape index (κ1) is 19.0. The fourth-order valence-corrected chi connectivity index (χ4v) is 5.06. The average Bonchev–Trinajstić information content (AvgIpc) is 3.38. The van der Waals surface area contributed by atoms with Crippen molar-refractivity contribution in [2.24, 2.45) is 0 Å². The largest absolute Gasteiger partial charge is 0.468 e. The maximum atomic E-state index is 6.74. The van der Waals surface area contributed by atoms with E-state index in [2.05, 4.69) is 47.0 Å². The van der Waals surface area contributed by atoms with Crippen molar-refractivity contribution in [2.75, 3.05) is 20.1 Å². The fourth-order valence-electron chi connectivity index (χ4n) is 4.25. The molecule has 29 heavy (non-hydrogen) atoms. The second-order valence-electron chi connectivity index (χ2n) is 7.97. The molecular formula is C23H27N3O2S. The van der Waals surface area contributed by atoms with E-state index in [1.54, 1.807) is 18.0 Å². The molecule has 0 amide bonds. The quantitative estimate of drug-likeness (QED) is 0.580. The van der Waals surface area contributed by atoms with Crippen molar-refractivity contribution in [3.63, 3.8) is 0 Å². The van der Waals surface area contributed by atoms with Crippen molar-refractivity contribution in [1.82, 2.24) is 14.5 Å². The molecule has 5 rings (SSSR count). The number of ether oxygens (including phenoxy) is 1. The minimum absolute atomic E-state index is 0.0972. The van der Waals surface area contributed by atoms with Crippen LogP contribution >= 0.6 is 11.8 Å². The van der Waals surface area contributed by atoms with Gasteiger partial charge in [0.1, 0.15) is 22.7 Å². The van der Waals surface area contributed by atoms with E-state index in [0.717, 1.165) is 61.3 Å². The molecule has 1 unspecified atom stereocenters. The van der Waals surface area contributed by atoms with Gasteiger partial charge in [0.15, 0.2) is 0 Å². The van der Waals surface area contributed by atoms with Crippen LogP contribution in [-0.2, 0) is 23.5 Å². The summed E-state index contributed by atoms with van der Waals surface area (Å²) in [6.45, 7) is 3.13. The number of piperidine rings is 1. The van der Waals surface area contributed by atoms with E-state index < -0.39 is 0 Å². The van der Waals surface area contributed by atoms with E-state index >= 15 is 0 Å². The van der Waals surface area contributed by atoms with Crippen LogP contribution in [0.1, 0.15) is 41.7 Å². The second kappa shape index (κ2) is 8.38. The van der Waals surface area contributed by atoms with Crippen molar-refractivity contribution < 1.29 is 9.15 Å². The zero-order valence-corrected chi connectivity index (χ0v) is 17.6. The zero-order valence-electron chi connectivity index (χ0n) is 16.8. The Bertz CT molecular complexity index is 945. The summed E-state index contributed by atoms with van der Waals surface area (Å²) in [5.74, 6) is 2.80. The highest BCUT2D eigenvalue weighted by Crippen LogP contribution is 2.36.